The van der Waals surface area contributed by atoms with Gasteiger partial charge in [-0.2, -0.15) is 13.2 Å². The maximum atomic E-state index is 12.9. The van der Waals surface area contributed by atoms with Gasteiger partial charge in [0, 0.05) is 23.2 Å². The summed E-state index contributed by atoms with van der Waals surface area (Å²) in [6.07, 6.45) is -7.79. The van der Waals surface area contributed by atoms with Crippen molar-refractivity contribution in [3.8, 4) is 11.4 Å². The molecule has 0 radical (unpaired) electrons. The average molecular weight is 589 g/mol. The summed E-state index contributed by atoms with van der Waals surface area (Å²) >= 11 is 17.9. The van der Waals surface area contributed by atoms with Crippen molar-refractivity contribution < 1.29 is 23.1 Å². The van der Waals surface area contributed by atoms with E-state index < -0.39 is 43.0 Å². The zero-order chi connectivity index (χ0) is 25.9. The van der Waals surface area contributed by atoms with E-state index in [9.17, 15) is 27.9 Å². The van der Waals surface area contributed by atoms with Gasteiger partial charge in [0.1, 0.15) is 6.54 Å². The Labute approximate surface area is 224 Å². The number of aromatic nitrogens is 3. The number of hydrogen-bond donors (Lipinski definition) is 3. The van der Waals surface area contributed by atoms with Crippen LogP contribution >= 0.6 is 47.2 Å². The summed E-state index contributed by atoms with van der Waals surface area (Å²) in [6, 6.07) is 9.95. The summed E-state index contributed by atoms with van der Waals surface area (Å²) < 4.78 is 40.1. The minimum absolute atomic E-state index is 0. The molecule has 2 atom stereocenters. The Kier molecular flexibility index (Phi) is 10.2. The average Bonchev–Trinajstić information content (AvgIpc) is 3.09. The SMILES string of the molecule is Cl.NC(CNC(=O)Cn1nc(-c2ccc(Cl)cc2)n(C[C@H](O)C(F)(F)F)c1=O)c1cccc(Cl)c1Cl. The van der Waals surface area contributed by atoms with Crippen molar-refractivity contribution in [3.05, 3.63) is 73.6 Å². The number of aliphatic hydroxyl groups is 1. The van der Waals surface area contributed by atoms with E-state index in [1.807, 2.05) is 0 Å². The van der Waals surface area contributed by atoms with Crippen LogP contribution < -0.4 is 16.7 Å². The van der Waals surface area contributed by atoms with Gasteiger partial charge in [-0.3, -0.25) is 9.36 Å². The second-order valence-corrected chi connectivity index (χ2v) is 8.71. The van der Waals surface area contributed by atoms with Crippen LogP contribution in [0, 0.1) is 0 Å². The Morgan fingerprint density at radius 3 is 2.39 bits per heavy atom. The molecule has 1 unspecified atom stereocenters. The third kappa shape index (κ3) is 7.15. The number of nitrogens with zero attached hydrogens (tertiary/aromatic N) is 3. The molecule has 1 heterocycles. The number of aliphatic hydroxyl groups excluding tert-OH is 1. The zero-order valence-corrected chi connectivity index (χ0v) is 21.3. The molecular formula is C21H20Cl4F3N5O3. The first-order chi connectivity index (χ1) is 16.4. The van der Waals surface area contributed by atoms with Crippen LogP contribution in [0.5, 0.6) is 0 Å². The predicted molar refractivity (Wildman–Crippen MR) is 133 cm³/mol. The van der Waals surface area contributed by atoms with Gasteiger partial charge in [-0.05, 0) is 35.9 Å². The fourth-order valence-electron chi connectivity index (χ4n) is 3.13. The van der Waals surface area contributed by atoms with Crippen molar-refractivity contribution in [2.24, 2.45) is 5.73 Å². The van der Waals surface area contributed by atoms with Crippen LogP contribution in [0.1, 0.15) is 11.6 Å². The van der Waals surface area contributed by atoms with Gasteiger partial charge >= 0.3 is 11.9 Å². The van der Waals surface area contributed by atoms with Crippen molar-refractivity contribution in [1.82, 2.24) is 19.7 Å². The molecule has 0 saturated heterocycles. The minimum atomic E-state index is -4.96. The summed E-state index contributed by atoms with van der Waals surface area (Å²) in [5, 5.41) is 16.9. The molecule has 0 fully saturated rings. The molecule has 0 aliphatic heterocycles. The zero-order valence-electron chi connectivity index (χ0n) is 18.2. The number of alkyl halides is 3. The van der Waals surface area contributed by atoms with E-state index >= 15 is 0 Å². The third-order valence-electron chi connectivity index (χ3n) is 4.95. The smallest absolute Gasteiger partial charge is 0.382 e. The molecule has 1 aromatic heterocycles. The van der Waals surface area contributed by atoms with Gasteiger partial charge < -0.3 is 16.2 Å². The topological polar surface area (TPSA) is 115 Å². The molecule has 1 amide bonds. The van der Waals surface area contributed by atoms with Crippen LogP contribution in [0.25, 0.3) is 11.4 Å². The van der Waals surface area contributed by atoms with Gasteiger partial charge in [-0.15, -0.1) is 17.5 Å². The van der Waals surface area contributed by atoms with E-state index in [0.717, 1.165) is 0 Å². The number of halogens is 7. The van der Waals surface area contributed by atoms with E-state index in [0.29, 0.717) is 24.9 Å². The molecule has 4 N–H and O–H groups in total. The lowest BCUT2D eigenvalue weighted by Crippen LogP contribution is -2.39. The summed E-state index contributed by atoms with van der Waals surface area (Å²) in [5.41, 5.74) is 5.79. The second kappa shape index (κ2) is 12.3. The number of carbonyl (C=O) groups excluding carboxylic acids is 1. The molecule has 8 nitrogen and oxygen atoms in total. The molecular weight excluding hydrogens is 569 g/mol. The quantitative estimate of drug-likeness (QED) is 0.370. The molecule has 0 saturated carbocycles. The van der Waals surface area contributed by atoms with Crippen molar-refractivity contribution in [3.63, 3.8) is 0 Å². The highest BCUT2D eigenvalue weighted by Gasteiger charge is 2.39. The summed E-state index contributed by atoms with van der Waals surface area (Å²) in [5.74, 6) is -0.852. The standard InChI is InChI=1S/C21H19Cl3F3N5O3.ClH/c22-12-6-4-11(5-7-12)19-30-32(20(35)31(19)9-16(33)21(25,26)27)10-17(34)29-8-15(28)13-2-1-3-14(23)18(13)24;/h1-7,15-16,33H,8-10,28H2,(H,29,34);1H/t15?,16-;/m0./s1. The molecule has 36 heavy (non-hydrogen) atoms. The van der Waals surface area contributed by atoms with E-state index in [2.05, 4.69) is 10.4 Å². The molecule has 2 aromatic carbocycles. The van der Waals surface area contributed by atoms with Gasteiger partial charge in [0.15, 0.2) is 11.9 Å². The number of nitrogens with one attached hydrogen (secondary N) is 1. The van der Waals surface area contributed by atoms with Crippen LogP contribution in [0.4, 0.5) is 13.2 Å². The van der Waals surface area contributed by atoms with E-state index in [1.54, 1.807) is 18.2 Å². The first-order valence-electron chi connectivity index (χ1n) is 10.0. The number of benzene rings is 2. The van der Waals surface area contributed by atoms with Crippen molar-refractivity contribution in [2.45, 2.75) is 31.4 Å². The van der Waals surface area contributed by atoms with E-state index in [1.165, 1.54) is 24.3 Å². The first-order valence-corrected chi connectivity index (χ1v) is 11.2. The van der Waals surface area contributed by atoms with Crippen LogP contribution in [0.2, 0.25) is 15.1 Å². The lowest BCUT2D eigenvalue weighted by molar-refractivity contribution is -0.207. The second-order valence-electron chi connectivity index (χ2n) is 7.49. The normalized spacial score (nSPS) is 13.1. The molecule has 3 aromatic rings. The number of amides is 1. The molecule has 0 aliphatic rings. The highest BCUT2D eigenvalue weighted by Crippen LogP contribution is 2.29. The lowest BCUT2D eigenvalue weighted by atomic mass is 10.1. The maximum absolute atomic E-state index is 12.9. The highest BCUT2D eigenvalue weighted by atomic mass is 35.5. The number of carbonyl (C=O) groups is 1. The van der Waals surface area contributed by atoms with Gasteiger partial charge in [0.25, 0.3) is 0 Å². The van der Waals surface area contributed by atoms with Crippen molar-refractivity contribution in [1.29, 1.82) is 0 Å². The number of hydrogen-bond acceptors (Lipinski definition) is 5. The van der Waals surface area contributed by atoms with Crippen LogP contribution in [0.15, 0.2) is 47.3 Å². The minimum Gasteiger partial charge on any atom is -0.382 e. The van der Waals surface area contributed by atoms with Crippen molar-refractivity contribution >= 4 is 53.1 Å². The van der Waals surface area contributed by atoms with Crippen LogP contribution in [-0.4, -0.2) is 44.2 Å². The number of nitrogens with two attached hydrogens (primary N) is 1. The monoisotopic (exact) mass is 587 g/mol. The Balaban J connectivity index is 0.00000456. The van der Waals surface area contributed by atoms with Crippen LogP contribution in [0.3, 0.4) is 0 Å². The fourth-order valence-corrected chi connectivity index (χ4v) is 3.70. The fraction of sp³-hybridized carbons (Fsp3) is 0.286. The molecule has 0 bridgehead atoms. The predicted octanol–water partition coefficient (Wildman–Crippen LogP) is 3.83. The molecule has 3 rings (SSSR count). The Bertz CT molecular complexity index is 1270. The van der Waals surface area contributed by atoms with Gasteiger partial charge in [0.2, 0.25) is 5.91 Å². The van der Waals surface area contributed by atoms with Crippen LogP contribution in [-0.2, 0) is 17.9 Å². The summed E-state index contributed by atoms with van der Waals surface area (Å²) in [4.78, 5) is 25.2. The van der Waals surface area contributed by atoms with Gasteiger partial charge in [-0.25, -0.2) is 9.48 Å². The molecule has 0 spiro atoms. The largest absolute Gasteiger partial charge is 0.416 e. The lowest BCUT2D eigenvalue weighted by Gasteiger charge is -2.15. The van der Waals surface area contributed by atoms with E-state index in [-0.39, 0.29) is 35.4 Å². The Hall–Kier alpha value is -2.28. The Morgan fingerprint density at radius 2 is 1.78 bits per heavy atom. The highest BCUT2D eigenvalue weighted by molar-refractivity contribution is 6.42. The molecule has 196 valence electrons. The first kappa shape index (κ1) is 29.9. The van der Waals surface area contributed by atoms with Gasteiger partial charge in [-0.1, -0.05) is 46.9 Å². The molecule has 0 aliphatic carbocycles. The summed E-state index contributed by atoms with van der Waals surface area (Å²) in [6.45, 7) is -1.78. The maximum Gasteiger partial charge on any atom is 0.416 e. The Morgan fingerprint density at radius 1 is 1.14 bits per heavy atom. The summed E-state index contributed by atoms with van der Waals surface area (Å²) in [7, 11) is 0. The van der Waals surface area contributed by atoms with Crippen molar-refractivity contribution in [2.75, 3.05) is 6.54 Å². The van der Waals surface area contributed by atoms with E-state index in [4.69, 9.17) is 40.5 Å². The van der Waals surface area contributed by atoms with Gasteiger partial charge in [0.05, 0.1) is 16.6 Å². The number of rotatable bonds is 8. The molecule has 15 heteroatoms. The third-order valence-corrected chi connectivity index (χ3v) is 6.04.